The molecule has 1 aromatic carbocycles. The van der Waals surface area contributed by atoms with Gasteiger partial charge in [0.2, 0.25) is 0 Å². The first-order valence-corrected chi connectivity index (χ1v) is 11.1. The highest BCUT2D eigenvalue weighted by atomic mass is 32.2. The van der Waals surface area contributed by atoms with Crippen molar-refractivity contribution in [1.82, 2.24) is 9.62 Å². The van der Waals surface area contributed by atoms with Gasteiger partial charge in [-0.05, 0) is 57.0 Å². The van der Waals surface area contributed by atoms with E-state index in [1.165, 1.54) is 37.8 Å². The number of hydrogen-bond donors (Lipinski definition) is 1. The Kier molecular flexibility index (Phi) is 6.96. The van der Waals surface area contributed by atoms with Crippen molar-refractivity contribution in [1.29, 1.82) is 0 Å². The van der Waals surface area contributed by atoms with Crippen molar-refractivity contribution in [2.45, 2.75) is 38.1 Å². The maximum Gasteiger partial charge on any atom is 0.423 e. The Labute approximate surface area is 170 Å². The molecule has 0 radical (unpaired) electrons. The summed E-state index contributed by atoms with van der Waals surface area (Å²) in [5.74, 6) is -0.557. The molecular formula is C19H26N2O7S. The zero-order valence-corrected chi connectivity index (χ0v) is 17.2. The Morgan fingerprint density at radius 3 is 2.76 bits per heavy atom. The molecule has 29 heavy (non-hydrogen) atoms. The molecule has 10 heteroatoms. The van der Waals surface area contributed by atoms with Gasteiger partial charge in [0.15, 0.2) is 0 Å². The van der Waals surface area contributed by atoms with E-state index in [-0.39, 0.29) is 23.8 Å². The van der Waals surface area contributed by atoms with Crippen molar-refractivity contribution in [3.63, 3.8) is 0 Å². The van der Waals surface area contributed by atoms with Gasteiger partial charge >= 0.3 is 22.4 Å². The molecule has 0 spiro atoms. The summed E-state index contributed by atoms with van der Waals surface area (Å²) in [6.45, 7) is 2.31. The molecule has 2 aliphatic heterocycles. The lowest BCUT2D eigenvalue weighted by Gasteiger charge is -2.44. The van der Waals surface area contributed by atoms with Crippen LogP contribution in [0.3, 0.4) is 0 Å². The molecule has 2 heterocycles. The van der Waals surface area contributed by atoms with Gasteiger partial charge in [0.05, 0.1) is 19.3 Å². The van der Waals surface area contributed by atoms with Gasteiger partial charge in [-0.25, -0.2) is 9.59 Å². The number of methoxy groups -OCH3 is 1. The van der Waals surface area contributed by atoms with Crippen molar-refractivity contribution >= 4 is 22.4 Å². The summed E-state index contributed by atoms with van der Waals surface area (Å²) in [5.41, 5.74) is 0.122. The topological polar surface area (TPSA) is 111 Å². The fourth-order valence-corrected chi connectivity index (χ4v) is 4.69. The first-order valence-electron chi connectivity index (χ1n) is 9.69. The van der Waals surface area contributed by atoms with Crippen LogP contribution in [0.5, 0.6) is 5.75 Å². The third-order valence-electron chi connectivity index (χ3n) is 5.33. The molecule has 1 aromatic rings. The minimum absolute atomic E-state index is 0.122. The third kappa shape index (κ3) is 5.83. The van der Waals surface area contributed by atoms with Gasteiger partial charge in [-0.15, -0.1) is 0 Å². The van der Waals surface area contributed by atoms with E-state index < -0.39 is 22.4 Å². The minimum atomic E-state index is -4.45. The SMILES string of the molecule is COC(=O)c1cccc(OS(=O)(=O)NC(=O)OC[C@@H]2CCCN3CCCC[C@@H]23)c1. The van der Waals surface area contributed by atoms with Crippen LogP contribution in [-0.2, 0) is 19.8 Å². The van der Waals surface area contributed by atoms with Gasteiger partial charge in [0, 0.05) is 12.0 Å². The summed E-state index contributed by atoms with van der Waals surface area (Å²) in [5, 5.41) is 0. The second kappa shape index (κ2) is 9.45. The number of hydrogen-bond acceptors (Lipinski definition) is 8. The van der Waals surface area contributed by atoms with Crippen LogP contribution in [0.15, 0.2) is 24.3 Å². The fraction of sp³-hybridized carbons (Fsp3) is 0.579. The van der Waals surface area contributed by atoms with Crippen molar-refractivity contribution in [3.05, 3.63) is 29.8 Å². The van der Waals surface area contributed by atoms with Crippen LogP contribution < -0.4 is 8.91 Å². The van der Waals surface area contributed by atoms with Crippen LogP contribution >= 0.6 is 0 Å². The summed E-state index contributed by atoms with van der Waals surface area (Å²) in [6, 6.07) is 5.83. The van der Waals surface area contributed by atoms with Gasteiger partial charge in [-0.1, -0.05) is 12.5 Å². The largest absolute Gasteiger partial charge is 0.465 e. The lowest BCUT2D eigenvalue weighted by Crippen LogP contribution is -2.49. The maximum absolute atomic E-state index is 12.1. The van der Waals surface area contributed by atoms with Crippen LogP contribution in [0.4, 0.5) is 4.79 Å². The van der Waals surface area contributed by atoms with Crippen molar-refractivity contribution in [2.75, 3.05) is 26.8 Å². The Morgan fingerprint density at radius 2 is 1.97 bits per heavy atom. The average molecular weight is 426 g/mol. The normalized spacial score (nSPS) is 22.2. The molecular weight excluding hydrogens is 400 g/mol. The predicted octanol–water partition coefficient (Wildman–Crippen LogP) is 2.09. The van der Waals surface area contributed by atoms with E-state index in [9.17, 15) is 18.0 Å². The molecule has 0 aliphatic carbocycles. The zero-order chi connectivity index (χ0) is 20.9. The Balaban J connectivity index is 1.52. The van der Waals surface area contributed by atoms with Crippen LogP contribution in [-0.4, -0.2) is 58.2 Å². The minimum Gasteiger partial charge on any atom is -0.465 e. The molecule has 2 fully saturated rings. The molecule has 1 amide bonds. The number of fused-ring (bicyclic) bond motifs is 1. The summed E-state index contributed by atoms with van der Waals surface area (Å²) in [7, 11) is -3.24. The number of nitrogens with one attached hydrogen (secondary N) is 1. The number of esters is 1. The van der Waals surface area contributed by atoms with Crippen LogP contribution in [0.1, 0.15) is 42.5 Å². The van der Waals surface area contributed by atoms with Gasteiger partial charge in [0.1, 0.15) is 5.75 Å². The van der Waals surface area contributed by atoms with Gasteiger partial charge in [-0.2, -0.15) is 13.1 Å². The molecule has 2 aliphatic rings. The van der Waals surface area contributed by atoms with Crippen LogP contribution in [0.2, 0.25) is 0 Å². The van der Waals surface area contributed by atoms with E-state index in [2.05, 4.69) is 9.64 Å². The first kappa shape index (κ1) is 21.4. The zero-order valence-electron chi connectivity index (χ0n) is 16.3. The molecule has 0 bridgehead atoms. The van der Waals surface area contributed by atoms with Crippen molar-refractivity contribution in [2.24, 2.45) is 5.92 Å². The van der Waals surface area contributed by atoms with E-state index in [4.69, 9.17) is 8.92 Å². The fourth-order valence-electron chi connectivity index (χ4n) is 4.03. The number of piperidine rings is 2. The molecule has 9 nitrogen and oxygen atoms in total. The van der Waals surface area contributed by atoms with E-state index >= 15 is 0 Å². The lowest BCUT2D eigenvalue weighted by molar-refractivity contribution is 0.0244. The number of nitrogens with zero attached hydrogens (tertiary/aromatic N) is 1. The van der Waals surface area contributed by atoms with E-state index in [1.807, 2.05) is 0 Å². The molecule has 3 rings (SSSR count). The third-order valence-corrected chi connectivity index (χ3v) is 6.16. The standard InChI is InChI=1S/C19H26N2O7S/c1-26-18(22)14-6-4-8-16(12-14)28-29(24,25)20-19(23)27-13-15-7-5-11-21-10-3-2-9-17(15)21/h4,6,8,12,15,17H,2-3,5,7,9-11,13H2,1H3,(H,20,23)/t15-,17-/m0/s1. The smallest absolute Gasteiger partial charge is 0.423 e. The maximum atomic E-state index is 12.1. The molecule has 0 saturated carbocycles. The quantitative estimate of drug-likeness (QED) is 0.689. The van der Waals surface area contributed by atoms with Gasteiger partial charge in [0.25, 0.3) is 0 Å². The van der Waals surface area contributed by atoms with Gasteiger partial charge < -0.3 is 13.7 Å². The van der Waals surface area contributed by atoms with Crippen molar-refractivity contribution < 1.29 is 31.7 Å². The first-order chi connectivity index (χ1) is 13.9. The Bertz CT molecular complexity index is 841. The van der Waals surface area contributed by atoms with Crippen molar-refractivity contribution in [3.8, 4) is 5.75 Å². The number of rotatable bonds is 6. The number of carbonyl (C=O) groups excluding carboxylic acids is 2. The second-order valence-corrected chi connectivity index (χ2v) is 8.54. The number of benzene rings is 1. The average Bonchev–Trinajstić information content (AvgIpc) is 2.71. The Morgan fingerprint density at radius 1 is 1.17 bits per heavy atom. The lowest BCUT2D eigenvalue weighted by atomic mass is 9.84. The molecule has 2 saturated heterocycles. The highest BCUT2D eigenvalue weighted by molar-refractivity contribution is 7.85. The van der Waals surface area contributed by atoms with E-state index in [1.54, 1.807) is 4.72 Å². The highest BCUT2D eigenvalue weighted by Crippen LogP contribution is 2.31. The summed E-state index contributed by atoms with van der Waals surface area (Å²) in [4.78, 5) is 26.0. The second-order valence-electron chi connectivity index (χ2n) is 7.26. The van der Waals surface area contributed by atoms with Crippen LogP contribution in [0, 0.1) is 5.92 Å². The molecule has 160 valence electrons. The summed E-state index contributed by atoms with van der Waals surface area (Å²) >= 11 is 0. The summed E-state index contributed by atoms with van der Waals surface area (Å²) < 4.78 is 40.5. The van der Waals surface area contributed by atoms with E-state index in [0.29, 0.717) is 6.04 Å². The number of ether oxygens (including phenoxy) is 2. The predicted molar refractivity (Wildman–Crippen MR) is 104 cm³/mol. The molecule has 0 aromatic heterocycles. The van der Waals surface area contributed by atoms with Gasteiger partial charge in [-0.3, -0.25) is 4.90 Å². The summed E-state index contributed by atoms with van der Waals surface area (Å²) in [6.07, 6.45) is 4.35. The van der Waals surface area contributed by atoms with Crippen LogP contribution in [0.25, 0.3) is 0 Å². The number of amides is 1. The monoisotopic (exact) mass is 426 g/mol. The molecule has 2 atom stereocenters. The Hall–Kier alpha value is -2.33. The van der Waals surface area contributed by atoms with E-state index in [0.717, 1.165) is 38.8 Å². The molecule has 0 unspecified atom stereocenters. The molecule has 1 N–H and O–H groups in total. The number of carbonyl (C=O) groups is 2. The highest BCUT2D eigenvalue weighted by Gasteiger charge is 2.34.